The molecule has 0 radical (unpaired) electrons. The highest BCUT2D eigenvalue weighted by molar-refractivity contribution is 5.81. The van der Waals surface area contributed by atoms with E-state index in [9.17, 15) is 9.59 Å². The van der Waals surface area contributed by atoms with Gasteiger partial charge >= 0.3 is 5.97 Å². The monoisotopic (exact) mass is 200 g/mol. The van der Waals surface area contributed by atoms with Crippen LogP contribution in [0.15, 0.2) is 0 Å². The Morgan fingerprint density at radius 1 is 1.43 bits per heavy atom. The molecule has 1 aliphatic rings. The molecule has 1 heterocycles. The van der Waals surface area contributed by atoms with Crippen molar-refractivity contribution < 1.29 is 14.7 Å². The van der Waals surface area contributed by atoms with Gasteiger partial charge in [0.2, 0.25) is 5.91 Å². The Balaban J connectivity index is 2.43. The molecule has 1 rings (SSSR count). The highest BCUT2D eigenvalue weighted by Gasteiger charge is 2.27. The van der Waals surface area contributed by atoms with Crippen molar-refractivity contribution in [3.05, 3.63) is 0 Å². The van der Waals surface area contributed by atoms with Gasteiger partial charge in [-0.1, -0.05) is 0 Å². The number of nitrogens with two attached hydrogens (primary N) is 1. The van der Waals surface area contributed by atoms with Gasteiger partial charge < -0.3 is 15.7 Å². The zero-order valence-corrected chi connectivity index (χ0v) is 8.27. The molecule has 0 aromatic carbocycles. The van der Waals surface area contributed by atoms with Crippen LogP contribution >= 0.6 is 0 Å². The molecular formula is C9H16N2O3. The van der Waals surface area contributed by atoms with Crippen LogP contribution in [0.5, 0.6) is 0 Å². The SMILES string of the molecule is C[C@H](N)C(=O)N1CCC(C(=O)O)CC1. The predicted molar refractivity (Wildman–Crippen MR) is 50.6 cm³/mol. The molecule has 0 bridgehead atoms. The fourth-order valence-electron chi connectivity index (χ4n) is 1.63. The number of nitrogens with zero attached hydrogens (tertiary/aromatic N) is 1. The molecule has 0 aromatic rings. The Morgan fingerprint density at radius 2 is 1.93 bits per heavy atom. The van der Waals surface area contributed by atoms with Gasteiger partial charge in [0.15, 0.2) is 0 Å². The number of amides is 1. The Bertz CT molecular complexity index is 232. The van der Waals surface area contributed by atoms with Crippen molar-refractivity contribution in [2.45, 2.75) is 25.8 Å². The third kappa shape index (κ3) is 2.45. The van der Waals surface area contributed by atoms with E-state index in [0.29, 0.717) is 25.9 Å². The Morgan fingerprint density at radius 3 is 2.29 bits per heavy atom. The van der Waals surface area contributed by atoms with Gasteiger partial charge in [0.05, 0.1) is 12.0 Å². The van der Waals surface area contributed by atoms with E-state index >= 15 is 0 Å². The van der Waals surface area contributed by atoms with Gasteiger partial charge in [-0.05, 0) is 19.8 Å². The van der Waals surface area contributed by atoms with Crippen LogP contribution in [-0.4, -0.2) is 41.0 Å². The third-order valence-corrected chi connectivity index (χ3v) is 2.55. The van der Waals surface area contributed by atoms with E-state index in [0.717, 1.165) is 0 Å². The number of aliphatic carboxylic acids is 1. The molecule has 1 atom stereocenters. The smallest absolute Gasteiger partial charge is 0.306 e. The number of rotatable bonds is 2. The van der Waals surface area contributed by atoms with Gasteiger partial charge in [-0.3, -0.25) is 9.59 Å². The molecule has 1 amide bonds. The number of piperidine rings is 1. The molecule has 14 heavy (non-hydrogen) atoms. The summed E-state index contributed by atoms with van der Waals surface area (Å²) in [4.78, 5) is 23.7. The van der Waals surface area contributed by atoms with Crippen molar-refractivity contribution in [2.75, 3.05) is 13.1 Å². The highest BCUT2D eigenvalue weighted by Crippen LogP contribution is 2.17. The minimum Gasteiger partial charge on any atom is -0.481 e. The van der Waals surface area contributed by atoms with Crippen molar-refractivity contribution in [2.24, 2.45) is 11.7 Å². The lowest BCUT2D eigenvalue weighted by atomic mass is 9.97. The first-order chi connectivity index (χ1) is 6.52. The fourth-order valence-corrected chi connectivity index (χ4v) is 1.63. The normalized spacial score (nSPS) is 20.6. The summed E-state index contributed by atoms with van der Waals surface area (Å²) in [5.41, 5.74) is 5.45. The summed E-state index contributed by atoms with van der Waals surface area (Å²) in [6.07, 6.45) is 1.07. The first-order valence-electron chi connectivity index (χ1n) is 4.79. The molecule has 0 saturated carbocycles. The standard InChI is InChI=1S/C9H16N2O3/c1-6(10)8(12)11-4-2-7(3-5-11)9(13)14/h6-7H,2-5,10H2,1H3,(H,13,14)/t6-/m0/s1. The second-order valence-electron chi connectivity index (χ2n) is 3.73. The molecule has 0 aromatic heterocycles. The molecule has 0 unspecified atom stereocenters. The first kappa shape index (κ1) is 11.0. The molecule has 0 spiro atoms. The maximum absolute atomic E-state index is 11.4. The Labute approximate surface area is 82.9 Å². The second kappa shape index (κ2) is 4.41. The van der Waals surface area contributed by atoms with E-state index in [1.54, 1.807) is 11.8 Å². The maximum Gasteiger partial charge on any atom is 0.306 e. The minimum atomic E-state index is -0.766. The van der Waals surface area contributed by atoms with Crippen LogP contribution in [0, 0.1) is 5.92 Å². The molecule has 1 fully saturated rings. The number of carboxylic acid groups (broad SMARTS) is 1. The lowest BCUT2D eigenvalue weighted by Crippen LogP contribution is -2.46. The van der Waals surface area contributed by atoms with Crippen LogP contribution in [0.1, 0.15) is 19.8 Å². The maximum atomic E-state index is 11.4. The summed E-state index contributed by atoms with van der Waals surface area (Å²) in [6.45, 7) is 2.67. The van der Waals surface area contributed by atoms with Crippen molar-refractivity contribution in [1.29, 1.82) is 0 Å². The lowest BCUT2D eigenvalue weighted by molar-refractivity contribution is -0.145. The molecule has 80 valence electrons. The molecule has 5 heteroatoms. The van der Waals surface area contributed by atoms with Gasteiger partial charge in [0.1, 0.15) is 0 Å². The van der Waals surface area contributed by atoms with E-state index in [-0.39, 0.29) is 11.8 Å². The van der Waals surface area contributed by atoms with Crippen LogP contribution in [0.3, 0.4) is 0 Å². The van der Waals surface area contributed by atoms with Crippen molar-refractivity contribution in [3.8, 4) is 0 Å². The number of hydrogen-bond acceptors (Lipinski definition) is 3. The highest BCUT2D eigenvalue weighted by atomic mass is 16.4. The number of carboxylic acids is 1. The summed E-state index contributed by atoms with van der Waals surface area (Å²) in [7, 11) is 0. The lowest BCUT2D eigenvalue weighted by Gasteiger charge is -2.31. The summed E-state index contributed by atoms with van der Waals surface area (Å²) < 4.78 is 0. The summed E-state index contributed by atoms with van der Waals surface area (Å²) >= 11 is 0. The number of carbonyl (C=O) groups excluding carboxylic acids is 1. The van der Waals surface area contributed by atoms with Gasteiger partial charge in [-0.15, -0.1) is 0 Å². The molecule has 1 saturated heterocycles. The molecule has 1 aliphatic heterocycles. The van der Waals surface area contributed by atoms with E-state index in [1.807, 2.05) is 0 Å². The predicted octanol–water partition coefficient (Wildman–Crippen LogP) is -0.343. The van der Waals surface area contributed by atoms with Crippen LogP contribution in [-0.2, 0) is 9.59 Å². The molecular weight excluding hydrogens is 184 g/mol. The summed E-state index contributed by atoms with van der Waals surface area (Å²) in [6, 6.07) is -0.489. The van der Waals surface area contributed by atoms with Crippen LogP contribution in [0.4, 0.5) is 0 Å². The molecule has 0 aliphatic carbocycles. The van der Waals surface area contributed by atoms with E-state index in [2.05, 4.69) is 0 Å². The molecule has 5 nitrogen and oxygen atoms in total. The van der Waals surface area contributed by atoms with Gasteiger partial charge in [0, 0.05) is 13.1 Å². The van der Waals surface area contributed by atoms with E-state index in [4.69, 9.17) is 10.8 Å². The van der Waals surface area contributed by atoms with Crippen molar-refractivity contribution in [3.63, 3.8) is 0 Å². The van der Waals surface area contributed by atoms with Crippen LogP contribution < -0.4 is 5.73 Å². The van der Waals surface area contributed by atoms with E-state index < -0.39 is 12.0 Å². The number of likely N-dealkylation sites (tertiary alicyclic amines) is 1. The van der Waals surface area contributed by atoms with E-state index in [1.165, 1.54) is 0 Å². The van der Waals surface area contributed by atoms with Gasteiger partial charge in [-0.25, -0.2) is 0 Å². The largest absolute Gasteiger partial charge is 0.481 e. The minimum absolute atomic E-state index is 0.0890. The number of carbonyl (C=O) groups is 2. The van der Waals surface area contributed by atoms with Crippen LogP contribution in [0.25, 0.3) is 0 Å². The fraction of sp³-hybridized carbons (Fsp3) is 0.778. The first-order valence-corrected chi connectivity index (χ1v) is 4.79. The quantitative estimate of drug-likeness (QED) is 0.638. The average Bonchev–Trinajstić information content (AvgIpc) is 2.16. The van der Waals surface area contributed by atoms with Crippen molar-refractivity contribution >= 4 is 11.9 Å². The zero-order valence-electron chi connectivity index (χ0n) is 8.27. The Kier molecular flexibility index (Phi) is 3.46. The van der Waals surface area contributed by atoms with Gasteiger partial charge in [0.25, 0.3) is 0 Å². The van der Waals surface area contributed by atoms with Crippen molar-refractivity contribution in [1.82, 2.24) is 4.90 Å². The van der Waals surface area contributed by atoms with Gasteiger partial charge in [-0.2, -0.15) is 0 Å². The van der Waals surface area contributed by atoms with Crippen LogP contribution in [0.2, 0.25) is 0 Å². The average molecular weight is 200 g/mol. The topological polar surface area (TPSA) is 83.6 Å². The zero-order chi connectivity index (χ0) is 10.7. The third-order valence-electron chi connectivity index (χ3n) is 2.55. The summed E-state index contributed by atoms with van der Waals surface area (Å²) in [5, 5.41) is 8.74. The second-order valence-corrected chi connectivity index (χ2v) is 3.73. The Hall–Kier alpha value is -1.10. The summed E-state index contributed by atoms with van der Waals surface area (Å²) in [5.74, 6) is -1.15. The number of hydrogen-bond donors (Lipinski definition) is 2. The molecule has 3 N–H and O–H groups in total.